The molecule has 2 amide bonds. The summed E-state index contributed by atoms with van der Waals surface area (Å²) in [5.74, 6) is -0.789. The van der Waals surface area contributed by atoms with Crippen LogP contribution in [-0.4, -0.2) is 34.7 Å². The first kappa shape index (κ1) is 15.2. The number of pyridine rings is 1. The molecule has 0 radical (unpaired) electrons. The summed E-state index contributed by atoms with van der Waals surface area (Å²) in [6.07, 6.45) is 4.30. The van der Waals surface area contributed by atoms with Crippen molar-refractivity contribution >= 4 is 18.0 Å². The minimum absolute atomic E-state index is 0.0616. The molecule has 0 aliphatic rings. The summed E-state index contributed by atoms with van der Waals surface area (Å²) in [5.41, 5.74) is 3.15. The van der Waals surface area contributed by atoms with Crippen molar-refractivity contribution in [2.45, 2.75) is 0 Å². The van der Waals surface area contributed by atoms with Crippen LogP contribution >= 0.6 is 0 Å². The zero-order valence-corrected chi connectivity index (χ0v) is 11.6. The molecule has 0 saturated carbocycles. The van der Waals surface area contributed by atoms with Crippen LogP contribution in [0.5, 0.6) is 5.75 Å². The molecule has 3 N–H and O–H groups in total. The molecule has 0 aliphatic heterocycles. The van der Waals surface area contributed by atoms with Crippen molar-refractivity contribution in [3.8, 4) is 5.75 Å². The zero-order chi connectivity index (χ0) is 15.8. The average molecular weight is 298 g/mol. The fourth-order valence-electron chi connectivity index (χ4n) is 1.58. The number of para-hydroxylation sites is 1. The lowest BCUT2D eigenvalue weighted by Gasteiger charge is -2.03. The number of aromatic nitrogens is 1. The molecule has 7 heteroatoms. The molecule has 0 unspecified atom stereocenters. The Kier molecular flexibility index (Phi) is 5.20. The van der Waals surface area contributed by atoms with E-state index in [1.165, 1.54) is 24.7 Å². The summed E-state index contributed by atoms with van der Waals surface area (Å²) in [4.78, 5) is 27.0. The van der Waals surface area contributed by atoms with Crippen molar-refractivity contribution in [3.63, 3.8) is 0 Å². The van der Waals surface area contributed by atoms with Crippen molar-refractivity contribution in [2.24, 2.45) is 5.10 Å². The number of rotatable bonds is 5. The molecule has 0 spiro atoms. The van der Waals surface area contributed by atoms with E-state index < -0.39 is 5.91 Å². The number of hydrogen-bond acceptors (Lipinski definition) is 5. The zero-order valence-electron chi connectivity index (χ0n) is 11.6. The van der Waals surface area contributed by atoms with Gasteiger partial charge in [0.05, 0.1) is 12.8 Å². The third kappa shape index (κ3) is 4.41. The second kappa shape index (κ2) is 7.53. The number of phenols is 1. The maximum absolute atomic E-state index is 11.7. The van der Waals surface area contributed by atoms with E-state index in [4.69, 9.17) is 0 Å². The van der Waals surface area contributed by atoms with Gasteiger partial charge in [0.1, 0.15) is 5.75 Å². The van der Waals surface area contributed by atoms with E-state index in [1.54, 1.807) is 30.3 Å². The van der Waals surface area contributed by atoms with Crippen LogP contribution in [0.15, 0.2) is 53.9 Å². The Morgan fingerprint density at radius 3 is 2.64 bits per heavy atom. The summed E-state index contributed by atoms with van der Waals surface area (Å²) in [7, 11) is 0. The first-order chi connectivity index (χ1) is 10.7. The lowest BCUT2D eigenvalue weighted by atomic mass is 10.2. The van der Waals surface area contributed by atoms with Crippen LogP contribution in [-0.2, 0) is 4.79 Å². The number of carbonyl (C=O) groups is 2. The SMILES string of the molecule is O=C(CNC(=O)c1ccncc1)N/N=C\c1ccccc1O. The highest BCUT2D eigenvalue weighted by molar-refractivity contribution is 5.96. The molecule has 7 nitrogen and oxygen atoms in total. The number of amides is 2. The summed E-state index contributed by atoms with van der Waals surface area (Å²) in [6, 6.07) is 9.67. The smallest absolute Gasteiger partial charge is 0.259 e. The molecule has 112 valence electrons. The Labute approximate surface area is 126 Å². The molecule has 0 atom stereocenters. The van der Waals surface area contributed by atoms with Crippen LogP contribution in [0.25, 0.3) is 0 Å². The van der Waals surface area contributed by atoms with E-state index in [2.05, 4.69) is 20.8 Å². The fourth-order valence-corrected chi connectivity index (χ4v) is 1.58. The van der Waals surface area contributed by atoms with Crippen LogP contribution in [0.2, 0.25) is 0 Å². The van der Waals surface area contributed by atoms with Crippen LogP contribution < -0.4 is 10.7 Å². The molecule has 0 saturated heterocycles. The van der Waals surface area contributed by atoms with Gasteiger partial charge in [-0.15, -0.1) is 0 Å². The maximum Gasteiger partial charge on any atom is 0.259 e. The molecule has 1 heterocycles. The topological polar surface area (TPSA) is 104 Å². The van der Waals surface area contributed by atoms with Gasteiger partial charge in [0.15, 0.2) is 0 Å². The molecule has 1 aromatic carbocycles. The number of aromatic hydroxyl groups is 1. The first-order valence-corrected chi connectivity index (χ1v) is 6.45. The van der Waals surface area contributed by atoms with Gasteiger partial charge in [-0.3, -0.25) is 14.6 Å². The third-order valence-corrected chi connectivity index (χ3v) is 2.68. The van der Waals surface area contributed by atoms with Crippen LogP contribution in [0.3, 0.4) is 0 Å². The fraction of sp³-hybridized carbons (Fsp3) is 0.0667. The molecule has 0 fully saturated rings. The number of nitrogens with zero attached hydrogens (tertiary/aromatic N) is 2. The van der Waals surface area contributed by atoms with Crippen LogP contribution in [0, 0.1) is 0 Å². The quantitative estimate of drug-likeness (QED) is 0.557. The Morgan fingerprint density at radius 2 is 1.91 bits per heavy atom. The average Bonchev–Trinajstić information content (AvgIpc) is 2.55. The molecular weight excluding hydrogens is 284 g/mol. The Balaban J connectivity index is 1.79. The van der Waals surface area contributed by atoms with Crippen molar-refractivity contribution in [2.75, 3.05) is 6.54 Å². The second-order valence-electron chi connectivity index (χ2n) is 4.27. The highest BCUT2D eigenvalue weighted by Gasteiger charge is 2.06. The maximum atomic E-state index is 11.7. The minimum Gasteiger partial charge on any atom is -0.507 e. The predicted octanol–water partition coefficient (Wildman–Crippen LogP) is 0.667. The standard InChI is InChI=1S/C15H14N4O3/c20-13-4-2-1-3-12(13)9-18-19-14(21)10-17-15(22)11-5-7-16-8-6-11/h1-9,20H,10H2,(H,17,22)(H,19,21)/b18-9-. The number of benzene rings is 1. The van der Waals surface area contributed by atoms with Crippen LogP contribution in [0.1, 0.15) is 15.9 Å². The van der Waals surface area contributed by atoms with Gasteiger partial charge in [0, 0.05) is 23.5 Å². The summed E-state index contributed by atoms with van der Waals surface area (Å²) in [5, 5.41) is 15.7. The molecule has 1 aromatic heterocycles. The lowest BCUT2D eigenvalue weighted by Crippen LogP contribution is -2.34. The predicted molar refractivity (Wildman–Crippen MR) is 80.4 cm³/mol. The van der Waals surface area contributed by atoms with Gasteiger partial charge in [-0.25, -0.2) is 5.43 Å². The second-order valence-corrected chi connectivity index (χ2v) is 4.27. The number of carbonyl (C=O) groups excluding carboxylic acids is 2. The third-order valence-electron chi connectivity index (χ3n) is 2.68. The molecule has 0 aliphatic carbocycles. The molecular formula is C15H14N4O3. The van der Waals surface area contributed by atoms with E-state index in [1.807, 2.05) is 0 Å². The van der Waals surface area contributed by atoms with E-state index >= 15 is 0 Å². The summed E-state index contributed by atoms with van der Waals surface area (Å²) in [6.45, 7) is -0.209. The highest BCUT2D eigenvalue weighted by atomic mass is 16.3. The summed E-state index contributed by atoms with van der Waals surface area (Å²) < 4.78 is 0. The molecule has 22 heavy (non-hydrogen) atoms. The van der Waals surface area contributed by atoms with Gasteiger partial charge in [-0.05, 0) is 24.3 Å². The van der Waals surface area contributed by atoms with E-state index in [0.717, 1.165) is 0 Å². The monoisotopic (exact) mass is 298 g/mol. The molecule has 2 aromatic rings. The van der Waals surface area contributed by atoms with E-state index in [9.17, 15) is 14.7 Å². The van der Waals surface area contributed by atoms with Gasteiger partial charge in [-0.2, -0.15) is 5.10 Å². The van der Waals surface area contributed by atoms with Gasteiger partial charge in [-0.1, -0.05) is 12.1 Å². The molecule has 2 rings (SSSR count). The number of phenolic OH excluding ortho intramolecular Hbond substituents is 1. The first-order valence-electron chi connectivity index (χ1n) is 6.45. The van der Waals surface area contributed by atoms with Crippen molar-refractivity contribution in [1.29, 1.82) is 0 Å². The van der Waals surface area contributed by atoms with Crippen molar-refractivity contribution < 1.29 is 14.7 Å². The van der Waals surface area contributed by atoms with Gasteiger partial charge in [0.2, 0.25) is 0 Å². The highest BCUT2D eigenvalue weighted by Crippen LogP contribution is 2.12. The normalized spacial score (nSPS) is 10.4. The van der Waals surface area contributed by atoms with Gasteiger partial charge in [0.25, 0.3) is 11.8 Å². The Bertz CT molecular complexity index is 686. The Morgan fingerprint density at radius 1 is 1.18 bits per heavy atom. The molecule has 0 bridgehead atoms. The number of hydrazone groups is 1. The summed E-state index contributed by atoms with van der Waals surface area (Å²) >= 11 is 0. The van der Waals surface area contributed by atoms with Crippen LogP contribution in [0.4, 0.5) is 0 Å². The van der Waals surface area contributed by atoms with Crippen molar-refractivity contribution in [1.82, 2.24) is 15.7 Å². The largest absolute Gasteiger partial charge is 0.507 e. The lowest BCUT2D eigenvalue weighted by molar-refractivity contribution is -0.120. The van der Waals surface area contributed by atoms with E-state index in [0.29, 0.717) is 11.1 Å². The van der Waals surface area contributed by atoms with Gasteiger partial charge < -0.3 is 10.4 Å². The number of hydrogen-bond donors (Lipinski definition) is 3. The van der Waals surface area contributed by atoms with E-state index in [-0.39, 0.29) is 18.2 Å². The van der Waals surface area contributed by atoms with Gasteiger partial charge >= 0.3 is 0 Å². The Hall–Kier alpha value is -3.22. The van der Waals surface area contributed by atoms with Crippen molar-refractivity contribution in [3.05, 3.63) is 59.9 Å². The minimum atomic E-state index is -0.478. The number of nitrogens with one attached hydrogen (secondary N) is 2.